The molecule has 4 nitrogen and oxygen atoms in total. The fourth-order valence-corrected chi connectivity index (χ4v) is 2.29. The van der Waals surface area contributed by atoms with Crippen LogP contribution in [0.15, 0.2) is 12.4 Å². The lowest BCUT2D eigenvalue weighted by molar-refractivity contribution is 0.371. The van der Waals surface area contributed by atoms with E-state index >= 15 is 0 Å². The van der Waals surface area contributed by atoms with Gasteiger partial charge in [0, 0.05) is 24.3 Å². The third-order valence-electron chi connectivity index (χ3n) is 3.40. The van der Waals surface area contributed by atoms with Gasteiger partial charge in [0.25, 0.3) is 0 Å². The predicted molar refractivity (Wildman–Crippen MR) is 65.4 cm³/mol. The molecule has 2 atom stereocenters. The number of aryl methyl sites for hydroxylation is 1. The standard InChI is InChI=1S/C12H20N4/c1-9-5-12(15-8-14-9)16-7-11(6-13)4-3-10(16)2/h5,8,10-11H,3-4,6-7,13H2,1-2H3. The summed E-state index contributed by atoms with van der Waals surface area (Å²) in [4.78, 5) is 10.8. The number of hydrogen-bond acceptors (Lipinski definition) is 4. The van der Waals surface area contributed by atoms with E-state index in [0.717, 1.165) is 24.6 Å². The molecule has 0 spiro atoms. The summed E-state index contributed by atoms with van der Waals surface area (Å²) in [7, 11) is 0. The molecule has 0 bridgehead atoms. The lowest BCUT2D eigenvalue weighted by atomic mass is 9.93. The quantitative estimate of drug-likeness (QED) is 0.817. The van der Waals surface area contributed by atoms with Gasteiger partial charge in [0.05, 0.1) is 0 Å². The van der Waals surface area contributed by atoms with Crippen LogP contribution in [0, 0.1) is 12.8 Å². The second kappa shape index (κ2) is 4.78. The second-order valence-corrected chi connectivity index (χ2v) is 4.70. The molecule has 1 fully saturated rings. The van der Waals surface area contributed by atoms with Crippen LogP contribution in [0.3, 0.4) is 0 Å². The zero-order valence-corrected chi connectivity index (χ0v) is 10.1. The highest BCUT2D eigenvalue weighted by Gasteiger charge is 2.25. The Morgan fingerprint density at radius 1 is 1.44 bits per heavy atom. The number of nitrogens with zero attached hydrogens (tertiary/aromatic N) is 3. The van der Waals surface area contributed by atoms with Crippen molar-refractivity contribution in [3.8, 4) is 0 Å². The Bertz CT molecular complexity index is 353. The summed E-state index contributed by atoms with van der Waals surface area (Å²) in [6.45, 7) is 6.05. The average molecular weight is 220 g/mol. The van der Waals surface area contributed by atoms with Crippen molar-refractivity contribution in [1.82, 2.24) is 9.97 Å². The van der Waals surface area contributed by atoms with Gasteiger partial charge in [-0.3, -0.25) is 0 Å². The molecule has 16 heavy (non-hydrogen) atoms. The Morgan fingerprint density at radius 3 is 2.94 bits per heavy atom. The molecule has 1 aromatic heterocycles. The van der Waals surface area contributed by atoms with Crippen LogP contribution in [0.4, 0.5) is 5.82 Å². The van der Waals surface area contributed by atoms with Gasteiger partial charge in [-0.15, -0.1) is 0 Å². The highest BCUT2D eigenvalue weighted by Crippen LogP contribution is 2.25. The average Bonchev–Trinajstić information content (AvgIpc) is 2.30. The van der Waals surface area contributed by atoms with E-state index in [1.807, 2.05) is 6.92 Å². The Labute approximate surface area is 96.9 Å². The number of hydrogen-bond donors (Lipinski definition) is 1. The first-order chi connectivity index (χ1) is 7.70. The largest absolute Gasteiger partial charge is 0.353 e. The Balaban J connectivity index is 2.17. The smallest absolute Gasteiger partial charge is 0.132 e. The van der Waals surface area contributed by atoms with Crippen molar-refractivity contribution in [2.75, 3.05) is 18.0 Å². The molecule has 2 heterocycles. The molecule has 88 valence electrons. The highest BCUT2D eigenvalue weighted by molar-refractivity contribution is 5.40. The normalized spacial score (nSPS) is 25.8. The second-order valence-electron chi connectivity index (χ2n) is 4.70. The van der Waals surface area contributed by atoms with E-state index in [9.17, 15) is 0 Å². The molecule has 0 saturated carbocycles. The fourth-order valence-electron chi connectivity index (χ4n) is 2.29. The van der Waals surface area contributed by atoms with E-state index in [2.05, 4.69) is 27.9 Å². The zero-order chi connectivity index (χ0) is 11.5. The predicted octanol–water partition coefficient (Wildman–Crippen LogP) is 1.35. The number of rotatable bonds is 2. The molecule has 2 N–H and O–H groups in total. The molecule has 0 aliphatic carbocycles. The van der Waals surface area contributed by atoms with Crippen LogP contribution in [0.5, 0.6) is 0 Å². The first-order valence-corrected chi connectivity index (χ1v) is 5.96. The number of anilines is 1. The first kappa shape index (κ1) is 11.3. The molecule has 2 unspecified atom stereocenters. The van der Waals surface area contributed by atoms with Crippen molar-refractivity contribution in [1.29, 1.82) is 0 Å². The number of aromatic nitrogens is 2. The molecule has 1 aromatic rings. The van der Waals surface area contributed by atoms with Gasteiger partial charge in [0.1, 0.15) is 12.1 Å². The van der Waals surface area contributed by atoms with E-state index in [-0.39, 0.29) is 0 Å². The molecular weight excluding hydrogens is 200 g/mol. The van der Waals surface area contributed by atoms with Crippen LogP contribution in [0.2, 0.25) is 0 Å². The molecule has 1 aliphatic rings. The van der Waals surface area contributed by atoms with Gasteiger partial charge >= 0.3 is 0 Å². The van der Waals surface area contributed by atoms with Crippen LogP contribution in [0.25, 0.3) is 0 Å². The first-order valence-electron chi connectivity index (χ1n) is 5.96. The van der Waals surface area contributed by atoms with Gasteiger partial charge in [-0.2, -0.15) is 0 Å². The monoisotopic (exact) mass is 220 g/mol. The van der Waals surface area contributed by atoms with Gasteiger partial charge in [-0.25, -0.2) is 9.97 Å². The summed E-state index contributed by atoms with van der Waals surface area (Å²) in [6, 6.07) is 2.60. The third-order valence-corrected chi connectivity index (χ3v) is 3.40. The lowest BCUT2D eigenvalue weighted by Gasteiger charge is -2.38. The highest BCUT2D eigenvalue weighted by atomic mass is 15.2. The zero-order valence-electron chi connectivity index (χ0n) is 10.1. The van der Waals surface area contributed by atoms with Crippen molar-refractivity contribution >= 4 is 5.82 Å². The topological polar surface area (TPSA) is 55.0 Å². The molecule has 1 aliphatic heterocycles. The third kappa shape index (κ3) is 2.32. The summed E-state index contributed by atoms with van der Waals surface area (Å²) < 4.78 is 0. The van der Waals surface area contributed by atoms with Gasteiger partial charge in [-0.05, 0) is 39.2 Å². The van der Waals surface area contributed by atoms with Crippen molar-refractivity contribution in [2.24, 2.45) is 11.7 Å². The summed E-state index contributed by atoms with van der Waals surface area (Å²) >= 11 is 0. The van der Waals surface area contributed by atoms with E-state index in [1.54, 1.807) is 6.33 Å². The molecule has 4 heteroatoms. The summed E-state index contributed by atoms with van der Waals surface area (Å²) in [5, 5.41) is 0. The van der Waals surface area contributed by atoms with Crippen molar-refractivity contribution in [2.45, 2.75) is 32.7 Å². The lowest BCUT2D eigenvalue weighted by Crippen LogP contribution is -2.44. The molecule has 1 saturated heterocycles. The minimum atomic E-state index is 0.553. The van der Waals surface area contributed by atoms with Gasteiger partial charge in [0.15, 0.2) is 0 Å². The Morgan fingerprint density at radius 2 is 2.25 bits per heavy atom. The number of nitrogens with two attached hydrogens (primary N) is 1. The summed E-state index contributed by atoms with van der Waals surface area (Å²) in [5.41, 5.74) is 6.78. The fraction of sp³-hybridized carbons (Fsp3) is 0.667. The summed E-state index contributed by atoms with van der Waals surface area (Å²) in [5.74, 6) is 1.64. The number of piperidine rings is 1. The van der Waals surface area contributed by atoms with Crippen LogP contribution in [-0.4, -0.2) is 29.1 Å². The molecule has 2 rings (SSSR count). The van der Waals surface area contributed by atoms with Crippen LogP contribution < -0.4 is 10.6 Å². The van der Waals surface area contributed by atoms with Crippen LogP contribution >= 0.6 is 0 Å². The Hall–Kier alpha value is -1.16. The van der Waals surface area contributed by atoms with Gasteiger partial charge < -0.3 is 10.6 Å². The maximum absolute atomic E-state index is 5.76. The molecule has 0 radical (unpaired) electrons. The van der Waals surface area contributed by atoms with E-state index in [4.69, 9.17) is 5.73 Å². The maximum atomic E-state index is 5.76. The van der Waals surface area contributed by atoms with Gasteiger partial charge in [0.2, 0.25) is 0 Å². The minimum absolute atomic E-state index is 0.553. The minimum Gasteiger partial charge on any atom is -0.353 e. The van der Waals surface area contributed by atoms with Crippen molar-refractivity contribution in [3.05, 3.63) is 18.1 Å². The van der Waals surface area contributed by atoms with E-state index in [0.29, 0.717) is 12.0 Å². The van der Waals surface area contributed by atoms with Gasteiger partial charge in [-0.1, -0.05) is 0 Å². The summed E-state index contributed by atoms with van der Waals surface area (Å²) in [6.07, 6.45) is 4.08. The van der Waals surface area contributed by atoms with E-state index < -0.39 is 0 Å². The molecule has 0 aromatic carbocycles. The van der Waals surface area contributed by atoms with Crippen LogP contribution in [-0.2, 0) is 0 Å². The SMILES string of the molecule is Cc1cc(N2CC(CN)CCC2C)ncn1. The Kier molecular flexibility index (Phi) is 3.39. The molecule has 0 amide bonds. The van der Waals surface area contributed by atoms with Crippen molar-refractivity contribution < 1.29 is 0 Å². The van der Waals surface area contributed by atoms with Crippen molar-refractivity contribution in [3.63, 3.8) is 0 Å². The molecular formula is C12H20N4. The maximum Gasteiger partial charge on any atom is 0.132 e. The van der Waals surface area contributed by atoms with E-state index in [1.165, 1.54) is 12.8 Å². The van der Waals surface area contributed by atoms with Crippen LogP contribution in [0.1, 0.15) is 25.5 Å².